The molecule has 134 valence electrons. The molecule has 25 heavy (non-hydrogen) atoms. The molecule has 1 aromatic carbocycles. The van der Waals surface area contributed by atoms with Crippen molar-refractivity contribution in [3.05, 3.63) is 35.0 Å². The standard InChI is InChI=1S/C15H16N2O7S/c1-25(23,24)17-16-10-5-9-7-3-2-6(18)4-8(7)11(10)13(15(21)22)12(9)14(19)20/h2-4,9,12-13,16-18H,5H2,1H3,(H,19,20)(H,21,22). The highest BCUT2D eigenvalue weighted by atomic mass is 32.2. The number of hydrogen-bond donors (Lipinski definition) is 5. The van der Waals surface area contributed by atoms with Crippen molar-refractivity contribution < 1.29 is 33.3 Å². The number of carboxylic acids is 2. The Labute approximate surface area is 143 Å². The molecule has 10 heteroatoms. The first-order chi connectivity index (χ1) is 11.6. The van der Waals surface area contributed by atoms with E-state index in [-0.39, 0.29) is 17.7 Å². The Hall–Kier alpha value is -2.59. The summed E-state index contributed by atoms with van der Waals surface area (Å²) >= 11 is 0. The maximum Gasteiger partial charge on any atom is 0.311 e. The van der Waals surface area contributed by atoms with E-state index in [1.54, 1.807) is 6.07 Å². The number of nitrogens with one attached hydrogen (secondary N) is 2. The van der Waals surface area contributed by atoms with Crippen LogP contribution >= 0.6 is 0 Å². The summed E-state index contributed by atoms with van der Waals surface area (Å²) in [7, 11) is -3.60. The molecule has 0 fully saturated rings. The molecule has 5 N–H and O–H groups in total. The van der Waals surface area contributed by atoms with Crippen LogP contribution in [0, 0.1) is 11.8 Å². The maximum absolute atomic E-state index is 11.8. The predicted molar refractivity (Wildman–Crippen MR) is 85.8 cm³/mol. The zero-order valence-corrected chi connectivity index (χ0v) is 13.9. The van der Waals surface area contributed by atoms with Crippen LogP contribution in [0.3, 0.4) is 0 Å². The molecule has 3 unspecified atom stereocenters. The first-order valence-electron chi connectivity index (χ1n) is 7.35. The normalized spacial score (nSPS) is 24.8. The molecule has 3 aliphatic carbocycles. The third kappa shape index (κ3) is 2.94. The van der Waals surface area contributed by atoms with Gasteiger partial charge in [0.25, 0.3) is 0 Å². The van der Waals surface area contributed by atoms with E-state index in [0.717, 1.165) is 6.26 Å². The first-order valence-corrected chi connectivity index (χ1v) is 9.24. The van der Waals surface area contributed by atoms with Crippen molar-refractivity contribution >= 4 is 27.5 Å². The average Bonchev–Trinajstić information content (AvgIpc) is 2.50. The summed E-state index contributed by atoms with van der Waals surface area (Å²) < 4.78 is 22.6. The smallest absolute Gasteiger partial charge is 0.311 e. The van der Waals surface area contributed by atoms with Crippen LogP contribution in [0.2, 0.25) is 0 Å². The van der Waals surface area contributed by atoms with E-state index in [2.05, 4.69) is 10.3 Å². The van der Waals surface area contributed by atoms with E-state index in [0.29, 0.717) is 16.8 Å². The molecule has 4 rings (SSSR count). The van der Waals surface area contributed by atoms with Gasteiger partial charge >= 0.3 is 11.9 Å². The number of allylic oxidation sites excluding steroid dienone is 1. The number of carbonyl (C=O) groups is 2. The number of hydrogen-bond acceptors (Lipinski definition) is 6. The van der Waals surface area contributed by atoms with E-state index >= 15 is 0 Å². The Bertz CT molecular complexity index is 906. The SMILES string of the molecule is CS(=O)(=O)NNC1=C2c3cc(O)ccc3C(C1)C(C(=O)O)C2C(=O)O. The molecular formula is C15H16N2O7S. The Morgan fingerprint density at radius 2 is 1.88 bits per heavy atom. The lowest BCUT2D eigenvalue weighted by molar-refractivity contribution is -0.153. The number of hydrazine groups is 1. The third-order valence-electron chi connectivity index (χ3n) is 4.52. The largest absolute Gasteiger partial charge is 0.508 e. The van der Waals surface area contributed by atoms with Crippen molar-refractivity contribution in [1.29, 1.82) is 0 Å². The van der Waals surface area contributed by atoms with Gasteiger partial charge in [0.1, 0.15) is 5.75 Å². The van der Waals surface area contributed by atoms with Gasteiger partial charge in [-0.05, 0) is 35.3 Å². The number of benzene rings is 1. The molecule has 0 saturated heterocycles. The van der Waals surface area contributed by atoms with Crippen LogP contribution in [0.5, 0.6) is 5.75 Å². The fourth-order valence-corrected chi connectivity index (χ4v) is 3.96. The summed E-state index contributed by atoms with van der Waals surface area (Å²) in [4.78, 5) is 25.6. The Morgan fingerprint density at radius 3 is 2.44 bits per heavy atom. The monoisotopic (exact) mass is 368 g/mol. The predicted octanol–water partition coefficient (Wildman–Crippen LogP) is 0.0596. The van der Waals surface area contributed by atoms with E-state index < -0.39 is 39.7 Å². The minimum atomic E-state index is -3.60. The second-order valence-electron chi connectivity index (χ2n) is 6.15. The van der Waals surface area contributed by atoms with Gasteiger partial charge in [-0.1, -0.05) is 6.07 Å². The van der Waals surface area contributed by atoms with Gasteiger partial charge in [-0.2, -0.15) is 0 Å². The summed E-state index contributed by atoms with van der Waals surface area (Å²) in [6, 6.07) is 4.35. The number of phenolic OH excluding ortho intramolecular Hbond substituents is 1. The summed E-state index contributed by atoms with van der Waals surface area (Å²) in [5.74, 6) is -5.83. The number of carboxylic acid groups (broad SMARTS) is 2. The van der Waals surface area contributed by atoms with Crippen LogP contribution in [0.25, 0.3) is 5.57 Å². The molecule has 1 aromatic rings. The summed E-state index contributed by atoms with van der Waals surface area (Å²) in [6.07, 6.45) is 1.08. The number of rotatable bonds is 5. The van der Waals surface area contributed by atoms with E-state index in [4.69, 9.17) is 0 Å². The number of fused-ring (bicyclic) bond motifs is 2. The second-order valence-corrected chi connectivity index (χ2v) is 7.90. The van der Waals surface area contributed by atoms with Crippen LogP contribution < -0.4 is 10.3 Å². The molecule has 0 aromatic heterocycles. The molecule has 0 spiro atoms. The van der Waals surface area contributed by atoms with Crippen LogP contribution in [0.1, 0.15) is 23.5 Å². The average molecular weight is 368 g/mol. The third-order valence-corrected chi connectivity index (χ3v) is 4.99. The van der Waals surface area contributed by atoms with Gasteiger partial charge < -0.3 is 20.7 Å². The summed E-state index contributed by atoms with van der Waals surface area (Å²) in [6.45, 7) is 0. The van der Waals surface area contributed by atoms with Gasteiger partial charge in [-0.25, -0.2) is 8.42 Å². The van der Waals surface area contributed by atoms with Gasteiger partial charge in [0, 0.05) is 11.6 Å². The highest BCUT2D eigenvalue weighted by Crippen LogP contribution is 2.55. The maximum atomic E-state index is 11.8. The molecule has 2 bridgehead atoms. The van der Waals surface area contributed by atoms with Crippen LogP contribution in [-0.4, -0.2) is 41.9 Å². The molecule has 0 radical (unpaired) electrons. The second kappa shape index (κ2) is 5.74. The van der Waals surface area contributed by atoms with Crippen LogP contribution in [0.15, 0.2) is 23.9 Å². The lowest BCUT2D eigenvalue weighted by Gasteiger charge is -2.43. The quantitative estimate of drug-likeness (QED) is 0.457. The topological polar surface area (TPSA) is 153 Å². The molecule has 9 nitrogen and oxygen atoms in total. The zero-order valence-electron chi connectivity index (χ0n) is 13.1. The van der Waals surface area contributed by atoms with Gasteiger partial charge in [0.05, 0.1) is 18.1 Å². The summed E-state index contributed by atoms with van der Waals surface area (Å²) in [5, 5.41) is 28.9. The van der Waals surface area contributed by atoms with Gasteiger partial charge in [0.2, 0.25) is 10.0 Å². The lowest BCUT2D eigenvalue weighted by atomic mass is 9.60. The van der Waals surface area contributed by atoms with Gasteiger partial charge in [-0.3, -0.25) is 9.59 Å². The van der Waals surface area contributed by atoms with Crippen molar-refractivity contribution in [2.45, 2.75) is 12.3 Å². The van der Waals surface area contributed by atoms with Crippen LogP contribution in [-0.2, 0) is 19.6 Å². The zero-order chi connectivity index (χ0) is 18.5. The van der Waals surface area contributed by atoms with E-state index in [9.17, 15) is 33.3 Å². The Kier molecular flexibility index (Phi) is 3.96. The van der Waals surface area contributed by atoms with Crippen molar-refractivity contribution in [3.63, 3.8) is 0 Å². The van der Waals surface area contributed by atoms with Gasteiger partial charge in [-0.15, -0.1) is 4.83 Å². The molecule has 0 saturated carbocycles. The van der Waals surface area contributed by atoms with Crippen molar-refractivity contribution in [3.8, 4) is 5.75 Å². The number of aromatic hydroxyl groups is 1. The fraction of sp³-hybridized carbons (Fsp3) is 0.333. The molecule has 3 aliphatic rings. The minimum Gasteiger partial charge on any atom is -0.508 e. The lowest BCUT2D eigenvalue weighted by Crippen LogP contribution is -2.47. The highest BCUT2D eigenvalue weighted by molar-refractivity contribution is 7.88. The van der Waals surface area contributed by atoms with E-state index in [1.165, 1.54) is 12.1 Å². The molecule has 0 aliphatic heterocycles. The van der Waals surface area contributed by atoms with Crippen LogP contribution in [0.4, 0.5) is 0 Å². The van der Waals surface area contributed by atoms with E-state index in [1.807, 2.05) is 0 Å². The summed E-state index contributed by atoms with van der Waals surface area (Å²) in [5.41, 5.74) is 4.01. The minimum absolute atomic E-state index is 0.0924. The highest BCUT2D eigenvalue weighted by Gasteiger charge is 2.52. The van der Waals surface area contributed by atoms with Gasteiger partial charge in [0.15, 0.2) is 0 Å². The first kappa shape index (κ1) is 17.2. The molecular weight excluding hydrogens is 352 g/mol. The Morgan fingerprint density at radius 1 is 1.20 bits per heavy atom. The van der Waals surface area contributed by atoms with Crippen molar-refractivity contribution in [1.82, 2.24) is 10.3 Å². The molecule has 3 atom stereocenters. The Balaban J connectivity index is 2.20. The fourth-order valence-electron chi connectivity index (χ4n) is 3.66. The van der Waals surface area contributed by atoms with Crippen molar-refractivity contribution in [2.24, 2.45) is 11.8 Å². The molecule has 0 heterocycles. The number of sulfonamides is 1. The number of phenols is 1. The van der Waals surface area contributed by atoms with Crippen molar-refractivity contribution in [2.75, 3.05) is 6.26 Å². The number of aliphatic carboxylic acids is 2. The molecule has 0 amide bonds.